The molecule has 0 spiro atoms. The van der Waals surface area contributed by atoms with Gasteiger partial charge in [0.2, 0.25) is 15.9 Å². The molecule has 1 aromatic carbocycles. The normalized spacial score (nSPS) is 16.0. The molecular formula is C20H26N2O4S. The van der Waals surface area contributed by atoms with E-state index in [9.17, 15) is 13.2 Å². The van der Waals surface area contributed by atoms with E-state index in [0.717, 1.165) is 31.4 Å². The molecule has 0 radical (unpaired) electrons. The average molecular weight is 391 g/mol. The summed E-state index contributed by atoms with van der Waals surface area (Å²) in [7, 11) is -3.56. The fourth-order valence-corrected chi connectivity index (χ4v) is 5.06. The monoisotopic (exact) mass is 390 g/mol. The Morgan fingerprint density at radius 3 is 2.56 bits per heavy atom. The second-order valence-electron chi connectivity index (χ2n) is 6.93. The number of hydrogen-bond donors (Lipinski definition) is 1. The first-order valence-corrected chi connectivity index (χ1v) is 10.8. The average Bonchev–Trinajstić information content (AvgIpc) is 3.01. The number of rotatable bonds is 6. The minimum Gasteiger partial charge on any atom is -0.469 e. The highest BCUT2D eigenvalue weighted by Gasteiger charge is 2.27. The van der Waals surface area contributed by atoms with Crippen LogP contribution in [0.3, 0.4) is 0 Å². The number of amides is 1. The van der Waals surface area contributed by atoms with Gasteiger partial charge in [-0.2, -0.15) is 4.31 Å². The zero-order chi connectivity index (χ0) is 19.3. The Kier molecular flexibility index (Phi) is 6.34. The molecule has 27 heavy (non-hydrogen) atoms. The number of anilines is 1. The van der Waals surface area contributed by atoms with Crippen molar-refractivity contribution in [3.05, 3.63) is 47.9 Å². The summed E-state index contributed by atoms with van der Waals surface area (Å²) in [5.74, 6) is 0.576. The second-order valence-corrected chi connectivity index (χ2v) is 8.83. The minimum absolute atomic E-state index is 0.173. The molecule has 1 saturated heterocycles. The standard InChI is InChI=1S/C20H26N2O4S/c1-16-8-9-17(21-20(23)11-10-18-7-6-14-26-18)15-19(16)27(24,25)22-12-4-2-3-5-13-22/h6-9,14-15H,2-5,10-13H2,1H3,(H,21,23). The van der Waals surface area contributed by atoms with Gasteiger partial charge in [0.25, 0.3) is 0 Å². The van der Waals surface area contributed by atoms with Crippen molar-refractivity contribution in [1.82, 2.24) is 4.31 Å². The molecule has 1 aromatic heterocycles. The summed E-state index contributed by atoms with van der Waals surface area (Å²) in [6, 6.07) is 8.66. The number of furan rings is 1. The molecule has 0 bridgehead atoms. The van der Waals surface area contributed by atoms with Crippen LogP contribution in [0.5, 0.6) is 0 Å². The summed E-state index contributed by atoms with van der Waals surface area (Å²) in [5, 5.41) is 2.80. The molecule has 1 N–H and O–H groups in total. The Labute approximate surface area is 160 Å². The van der Waals surface area contributed by atoms with Crippen LogP contribution >= 0.6 is 0 Å². The van der Waals surface area contributed by atoms with E-state index in [2.05, 4.69) is 5.32 Å². The molecule has 1 amide bonds. The number of nitrogens with one attached hydrogen (secondary N) is 1. The van der Waals surface area contributed by atoms with Gasteiger partial charge in [0.15, 0.2) is 0 Å². The molecule has 0 saturated carbocycles. The van der Waals surface area contributed by atoms with Crippen LogP contribution in [-0.2, 0) is 21.2 Å². The first-order chi connectivity index (χ1) is 13.0. The predicted octanol–water partition coefficient (Wildman–Crippen LogP) is 3.72. The summed E-state index contributed by atoms with van der Waals surface area (Å²) < 4.78 is 33.0. The van der Waals surface area contributed by atoms with Crippen LogP contribution in [0, 0.1) is 6.92 Å². The van der Waals surface area contributed by atoms with Gasteiger partial charge in [-0.1, -0.05) is 18.9 Å². The third-order valence-electron chi connectivity index (χ3n) is 4.83. The molecule has 0 unspecified atom stereocenters. The van der Waals surface area contributed by atoms with Gasteiger partial charge in [-0.25, -0.2) is 8.42 Å². The van der Waals surface area contributed by atoms with E-state index >= 15 is 0 Å². The molecule has 1 aliphatic rings. The van der Waals surface area contributed by atoms with Crippen molar-refractivity contribution in [2.24, 2.45) is 0 Å². The van der Waals surface area contributed by atoms with Crippen LogP contribution in [-0.4, -0.2) is 31.7 Å². The van der Waals surface area contributed by atoms with Crippen LogP contribution in [0.1, 0.15) is 43.4 Å². The first-order valence-electron chi connectivity index (χ1n) is 9.40. The SMILES string of the molecule is Cc1ccc(NC(=O)CCc2ccco2)cc1S(=O)(=O)N1CCCCCC1. The minimum atomic E-state index is -3.56. The molecule has 0 atom stereocenters. The van der Waals surface area contributed by atoms with Gasteiger partial charge in [0.1, 0.15) is 5.76 Å². The van der Waals surface area contributed by atoms with Crippen molar-refractivity contribution in [3.63, 3.8) is 0 Å². The van der Waals surface area contributed by atoms with E-state index < -0.39 is 10.0 Å². The van der Waals surface area contributed by atoms with E-state index in [4.69, 9.17) is 4.42 Å². The largest absolute Gasteiger partial charge is 0.469 e. The zero-order valence-electron chi connectivity index (χ0n) is 15.6. The Bertz CT molecular complexity index is 867. The van der Waals surface area contributed by atoms with Crippen LogP contribution in [0.15, 0.2) is 45.9 Å². The van der Waals surface area contributed by atoms with E-state index in [0.29, 0.717) is 30.8 Å². The van der Waals surface area contributed by atoms with Crippen molar-refractivity contribution in [3.8, 4) is 0 Å². The van der Waals surface area contributed by atoms with Crippen molar-refractivity contribution in [2.75, 3.05) is 18.4 Å². The molecular weight excluding hydrogens is 364 g/mol. The topological polar surface area (TPSA) is 79.6 Å². The van der Waals surface area contributed by atoms with Crippen molar-refractivity contribution < 1.29 is 17.6 Å². The summed E-state index contributed by atoms with van der Waals surface area (Å²) in [4.78, 5) is 12.5. The second kappa shape index (κ2) is 8.71. The van der Waals surface area contributed by atoms with Gasteiger partial charge in [-0.3, -0.25) is 4.79 Å². The third kappa shape index (κ3) is 4.99. The molecule has 2 heterocycles. The maximum absolute atomic E-state index is 13.1. The molecule has 1 aliphatic heterocycles. The Balaban J connectivity index is 1.72. The van der Waals surface area contributed by atoms with Crippen molar-refractivity contribution in [1.29, 1.82) is 0 Å². The van der Waals surface area contributed by atoms with Gasteiger partial charge < -0.3 is 9.73 Å². The number of sulfonamides is 1. The molecule has 3 rings (SSSR count). The Morgan fingerprint density at radius 2 is 1.89 bits per heavy atom. The first kappa shape index (κ1) is 19.6. The summed E-state index contributed by atoms with van der Waals surface area (Å²) in [5.41, 5.74) is 1.19. The number of aryl methyl sites for hydroxylation is 2. The number of carbonyl (C=O) groups is 1. The van der Waals surface area contributed by atoms with Gasteiger partial charge >= 0.3 is 0 Å². The highest BCUT2D eigenvalue weighted by atomic mass is 32.2. The summed E-state index contributed by atoms with van der Waals surface area (Å²) in [6.45, 7) is 2.90. The molecule has 2 aromatic rings. The van der Waals surface area contributed by atoms with Crippen LogP contribution in [0.4, 0.5) is 5.69 Å². The molecule has 146 valence electrons. The third-order valence-corrected chi connectivity index (χ3v) is 6.87. The smallest absolute Gasteiger partial charge is 0.243 e. The van der Waals surface area contributed by atoms with Gasteiger partial charge in [-0.15, -0.1) is 0 Å². The maximum Gasteiger partial charge on any atom is 0.243 e. The number of carbonyl (C=O) groups excluding carboxylic acids is 1. The fraction of sp³-hybridized carbons (Fsp3) is 0.450. The lowest BCUT2D eigenvalue weighted by Gasteiger charge is -2.21. The summed E-state index contributed by atoms with van der Waals surface area (Å²) in [6.07, 6.45) is 6.27. The lowest BCUT2D eigenvalue weighted by Crippen LogP contribution is -2.32. The molecule has 7 heteroatoms. The van der Waals surface area contributed by atoms with E-state index in [-0.39, 0.29) is 17.2 Å². The van der Waals surface area contributed by atoms with Crippen LogP contribution in [0.25, 0.3) is 0 Å². The highest BCUT2D eigenvalue weighted by molar-refractivity contribution is 7.89. The van der Waals surface area contributed by atoms with Crippen LogP contribution < -0.4 is 5.32 Å². The van der Waals surface area contributed by atoms with Gasteiger partial charge in [0.05, 0.1) is 11.2 Å². The molecule has 0 aliphatic carbocycles. The molecule has 1 fully saturated rings. The quantitative estimate of drug-likeness (QED) is 0.815. The summed E-state index contributed by atoms with van der Waals surface area (Å²) >= 11 is 0. The fourth-order valence-electron chi connectivity index (χ4n) is 3.29. The van der Waals surface area contributed by atoms with Crippen molar-refractivity contribution >= 4 is 21.6 Å². The predicted molar refractivity (Wildman–Crippen MR) is 104 cm³/mol. The number of nitrogens with zero attached hydrogens (tertiary/aromatic N) is 1. The van der Waals surface area contributed by atoms with Crippen molar-refractivity contribution in [2.45, 2.75) is 50.3 Å². The maximum atomic E-state index is 13.1. The van der Waals surface area contributed by atoms with E-state index in [1.165, 1.54) is 0 Å². The highest BCUT2D eigenvalue weighted by Crippen LogP contribution is 2.26. The van der Waals surface area contributed by atoms with Gasteiger partial charge in [0, 0.05) is 31.6 Å². The van der Waals surface area contributed by atoms with Gasteiger partial charge in [-0.05, 0) is 49.6 Å². The number of hydrogen-bond acceptors (Lipinski definition) is 4. The van der Waals surface area contributed by atoms with E-state index in [1.807, 2.05) is 6.07 Å². The Morgan fingerprint density at radius 1 is 1.15 bits per heavy atom. The number of benzene rings is 1. The van der Waals surface area contributed by atoms with E-state index in [1.54, 1.807) is 41.8 Å². The van der Waals surface area contributed by atoms with Crippen LogP contribution in [0.2, 0.25) is 0 Å². The Hall–Kier alpha value is -2.12. The lowest BCUT2D eigenvalue weighted by molar-refractivity contribution is -0.116. The molecule has 6 nitrogen and oxygen atoms in total. The zero-order valence-corrected chi connectivity index (χ0v) is 16.4. The lowest BCUT2D eigenvalue weighted by atomic mass is 10.2.